The molecular formula is C22H44N2. The number of anilines is 1. The zero-order chi connectivity index (χ0) is 18.0. The van der Waals surface area contributed by atoms with Gasteiger partial charge in [0, 0.05) is 26.7 Å². The fourth-order valence-electron chi connectivity index (χ4n) is 2.90. The number of nitrogens with zero attached hydrogens (tertiary/aromatic N) is 1. The van der Waals surface area contributed by atoms with Gasteiger partial charge in [0.25, 0.3) is 0 Å². The van der Waals surface area contributed by atoms with Crippen LogP contribution < -0.4 is 10.2 Å². The fourth-order valence-corrected chi connectivity index (χ4v) is 2.90. The molecule has 1 aromatic rings. The van der Waals surface area contributed by atoms with Gasteiger partial charge < -0.3 is 10.2 Å². The zero-order valence-corrected chi connectivity index (χ0v) is 17.0. The molecule has 0 amide bonds. The van der Waals surface area contributed by atoms with Gasteiger partial charge in [-0.25, -0.2) is 0 Å². The highest BCUT2D eigenvalue weighted by atomic mass is 15.1. The van der Waals surface area contributed by atoms with E-state index in [9.17, 15) is 0 Å². The minimum Gasteiger partial charge on any atom is -0.372 e. The molecule has 0 spiro atoms. The lowest BCUT2D eigenvalue weighted by molar-refractivity contribution is 0.577. The first-order valence-corrected chi connectivity index (χ1v) is 10.3. The van der Waals surface area contributed by atoms with Crippen LogP contribution in [0.25, 0.3) is 0 Å². The van der Waals surface area contributed by atoms with Crippen LogP contribution in [0.3, 0.4) is 0 Å². The lowest BCUT2D eigenvalue weighted by atomic mass is 10.1. The molecule has 1 saturated heterocycles. The first kappa shape index (κ1) is 23.0. The average molecular weight is 337 g/mol. The van der Waals surface area contributed by atoms with Crippen molar-refractivity contribution in [2.24, 2.45) is 0 Å². The quantitative estimate of drug-likeness (QED) is 0.561. The maximum atomic E-state index is 3.20. The monoisotopic (exact) mass is 336 g/mol. The van der Waals surface area contributed by atoms with E-state index < -0.39 is 0 Å². The molecular weight excluding hydrogens is 292 g/mol. The Hall–Kier alpha value is -1.02. The SMILES string of the molecule is CC.CCCCCCC.CNCc1cccc(N2CCCCC2)c1.[HH]. The standard InChI is InChI=1S/C13H20N2.C7H16.C2H6.H2/c1-14-11-12-6-5-7-13(10-12)15-8-3-2-4-9-15;1-3-5-7-6-4-2;1-2;/h5-7,10,14H,2-4,8-9,11H2,1H3;3-7H2,1-2H3;1-2H3;1H. The molecule has 1 N–H and O–H groups in total. The van der Waals surface area contributed by atoms with Crippen LogP contribution in [0.2, 0.25) is 0 Å². The van der Waals surface area contributed by atoms with Crippen molar-refractivity contribution in [3.8, 4) is 0 Å². The first-order chi connectivity index (χ1) is 11.8. The Morgan fingerprint density at radius 1 is 0.958 bits per heavy atom. The van der Waals surface area contributed by atoms with E-state index >= 15 is 0 Å². The van der Waals surface area contributed by atoms with Gasteiger partial charge >= 0.3 is 0 Å². The molecule has 0 saturated carbocycles. The van der Waals surface area contributed by atoms with Crippen LogP contribution in [0.1, 0.15) is 86.1 Å². The summed E-state index contributed by atoms with van der Waals surface area (Å²) in [4.78, 5) is 2.50. The zero-order valence-electron chi connectivity index (χ0n) is 17.0. The molecule has 2 rings (SSSR count). The molecule has 1 aliphatic rings. The molecule has 1 aliphatic heterocycles. The van der Waals surface area contributed by atoms with Gasteiger partial charge in [0.15, 0.2) is 0 Å². The van der Waals surface area contributed by atoms with Gasteiger partial charge in [-0.15, -0.1) is 0 Å². The predicted octanol–water partition coefficient (Wildman–Crippen LogP) is 6.65. The molecule has 1 heterocycles. The van der Waals surface area contributed by atoms with Gasteiger partial charge in [-0.3, -0.25) is 0 Å². The van der Waals surface area contributed by atoms with Crippen molar-refractivity contribution >= 4 is 5.69 Å². The molecule has 0 bridgehead atoms. The molecule has 2 nitrogen and oxygen atoms in total. The second-order valence-corrected chi connectivity index (χ2v) is 6.31. The Morgan fingerprint density at radius 2 is 1.58 bits per heavy atom. The second kappa shape index (κ2) is 16.8. The normalized spacial score (nSPS) is 13.5. The van der Waals surface area contributed by atoms with E-state index in [1.165, 1.54) is 75.7 Å². The summed E-state index contributed by atoms with van der Waals surface area (Å²) < 4.78 is 0. The number of hydrogen-bond acceptors (Lipinski definition) is 2. The summed E-state index contributed by atoms with van der Waals surface area (Å²) >= 11 is 0. The van der Waals surface area contributed by atoms with Crippen LogP contribution in [-0.2, 0) is 6.54 Å². The molecule has 0 aromatic heterocycles. The summed E-state index contributed by atoms with van der Waals surface area (Å²) in [5, 5.41) is 3.20. The Balaban J connectivity index is 0. The van der Waals surface area contributed by atoms with Gasteiger partial charge in [0.1, 0.15) is 0 Å². The molecule has 0 unspecified atom stereocenters. The fraction of sp³-hybridized carbons (Fsp3) is 0.727. The van der Waals surface area contributed by atoms with E-state index in [0.29, 0.717) is 0 Å². The van der Waals surface area contributed by atoms with Gasteiger partial charge in [0.2, 0.25) is 0 Å². The molecule has 1 fully saturated rings. The lowest BCUT2D eigenvalue weighted by Crippen LogP contribution is -2.29. The van der Waals surface area contributed by atoms with Crippen LogP contribution >= 0.6 is 0 Å². The summed E-state index contributed by atoms with van der Waals surface area (Å²) in [6.45, 7) is 11.9. The van der Waals surface area contributed by atoms with E-state index in [1.54, 1.807) is 0 Å². The van der Waals surface area contributed by atoms with Crippen molar-refractivity contribution in [3.05, 3.63) is 29.8 Å². The highest BCUT2D eigenvalue weighted by Gasteiger charge is 2.10. The average Bonchev–Trinajstić information content (AvgIpc) is 2.66. The number of piperidine rings is 1. The number of unbranched alkanes of at least 4 members (excludes halogenated alkanes) is 4. The first-order valence-electron chi connectivity index (χ1n) is 10.3. The maximum Gasteiger partial charge on any atom is 0.0369 e. The van der Waals surface area contributed by atoms with Crippen molar-refractivity contribution in [2.45, 2.75) is 85.6 Å². The van der Waals surface area contributed by atoms with Crippen LogP contribution in [0.15, 0.2) is 24.3 Å². The molecule has 24 heavy (non-hydrogen) atoms. The van der Waals surface area contributed by atoms with Crippen molar-refractivity contribution in [2.75, 3.05) is 25.0 Å². The number of nitrogens with one attached hydrogen (secondary N) is 1. The largest absolute Gasteiger partial charge is 0.372 e. The van der Waals surface area contributed by atoms with Crippen molar-refractivity contribution in [1.29, 1.82) is 0 Å². The van der Waals surface area contributed by atoms with Gasteiger partial charge in [-0.1, -0.05) is 71.9 Å². The van der Waals surface area contributed by atoms with Crippen LogP contribution in [0, 0.1) is 0 Å². The van der Waals surface area contributed by atoms with Crippen molar-refractivity contribution in [3.63, 3.8) is 0 Å². The predicted molar refractivity (Wildman–Crippen MR) is 113 cm³/mol. The summed E-state index contributed by atoms with van der Waals surface area (Å²) in [7, 11) is 1.99. The second-order valence-electron chi connectivity index (χ2n) is 6.31. The third-order valence-electron chi connectivity index (χ3n) is 4.22. The summed E-state index contributed by atoms with van der Waals surface area (Å²) in [5.74, 6) is 0. The van der Waals surface area contributed by atoms with Gasteiger partial charge in [-0.2, -0.15) is 0 Å². The Bertz CT molecular complexity index is 372. The van der Waals surface area contributed by atoms with Crippen LogP contribution in [-0.4, -0.2) is 20.1 Å². The van der Waals surface area contributed by atoms with Crippen molar-refractivity contribution in [1.82, 2.24) is 5.32 Å². The van der Waals surface area contributed by atoms with E-state index in [-0.39, 0.29) is 1.43 Å². The molecule has 142 valence electrons. The third-order valence-corrected chi connectivity index (χ3v) is 4.22. The summed E-state index contributed by atoms with van der Waals surface area (Å²) in [5.41, 5.74) is 2.77. The Morgan fingerprint density at radius 3 is 2.12 bits per heavy atom. The van der Waals surface area contributed by atoms with E-state index in [2.05, 4.69) is 48.3 Å². The van der Waals surface area contributed by atoms with E-state index in [0.717, 1.165) is 6.54 Å². The third kappa shape index (κ3) is 10.7. The number of rotatable bonds is 7. The number of hydrogen-bond donors (Lipinski definition) is 1. The van der Waals surface area contributed by atoms with E-state index in [4.69, 9.17) is 0 Å². The summed E-state index contributed by atoms with van der Waals surface area (Å²) in [6.07, 6.45) is 11.1. The highest BCUT2D eigenvalue weighted by molar-refractivity contribution is 5.48. The number of benzene rings is 1. The van der Waals surface area contributed by atoms with Crippen LogP contribution in [0.5, 0.6) is 0 Å². The minimum atomic E-state index is 0. The molecule has 2 heteroatoms. The maximum absolute atomic E-state index is 3.20. The van der Waals surface area contributed by atoms with Crippen molar-refractivity contribution < 1.29 is 1.43 Å². The van der Waals surface area contributed by atoms with E-state index in [1.807, 2.05) is 20.9 Å². The van der Waals surface area contributed by atoms with Gasteiger partial charge in [-0.05, 0) is 44.0 Å². The molecule has 1 aromatic carbocycles. The lowest BCUT2D eigenvalue weighted by Gasteiger charge is -2.29. The summed E-state index contributed by atoms with van der Waals surface area (Å²) in [6, 6.07) is 8.88. The topological polar surface area (TPSA) is 15.3 Å². The Kier molecular flexibility index (Phi) is 16.1. The highest BCUT2D eigenvalue weighted by Crippen LogP contribution is 2.20. The molecule has 0 atom stereocenters. The Labute approximate surface area is 153 Å². The molecule has 0 aliphatic carbocycles. The molecule has 0 radical (unpaired) electrons. The van der Waals surface area contributed by atoms with Gasteiger partial charge in [0.05, 0.1) is 0 Å². The minimum absolute atomic E-state index is 0. The van der Waals surface area contributed by atoms with Crippen LogP contribution in [0.4, 0.5) is 5.69 Å². The smallest absolute Gasteiger partial charge is 0.0369 e.